The van der Waals surface area contributed by atoms with Gasteiger partial charge in [-0.2, -0.15) is 0 Å². The highest BCUT2D eigenvalue weighted by atomic mass is 16.5. The summed E-state index contributed by atoms with van der Waals surface area (Å²) in [5.41, 5.74) is 6.42. The lowest BCUT2D eigenvalue weighted by Crippen LogP contribution is -2.46. The molecule has 1 fully saturated rings. The van der Waals surface area contributed by atoms with Crippen LogP contribution in [0.15, 0.2) is 24.3 Å². The van der Waals surface area contributed by atoms with E-state index in [1.54, 1.807) is 7.11 Å². The minimum Gasteiger partial charge on any atom is -0.497 e. The van der Waals surface area contributed by atoms with Crippen LogP contribution in [0.1, 0.15) is 5.56 Å². The number of carbonyl (C=O) groups excluding carboxylic acids is 1. The summed E-state index contributed by atoms with van der Waals surface area (Å²) >= 11 is 0. The van der Waals surface area contributed by atoms with Gasteiger partial charge in [0.05, 0.1) is 26.4 Å². The van der Waals surface area contributed by atoms with Crippen molar-refractivity contribution < 1.29 is 14.3 Å². The van der Waals surface area contributed by atoms with E-state index in [-0.39, 0.29) is 12.0 Å². The van der Waals surface area contributed by atoms with Crippen molar-refractivity contribution in [3.05, 3.63) is 29.8 Å². The standard InChI is InChI=1S/C14H20N2O3/c1-18-12-4-2-11(3-5-12)8-13-9-16(6-7-19-13)10-14(15)17/h2-5,13H,6-10H2,1H3,(H2,15,17)/t13-/m1/s1. The summed E-state index contributed by atoms with van der Waals surface area (Å²) in [5.74, 6) is 0.564. The molecule has 0 aromatic heterocycles. The largest absolute Gasteiger partial charge is 0.497 e. The van der Waals surface area contributed by atoms with Gasteiger partial charge in [0.2, 0.25) is 5.91 Å². The van der Waals surface area contributed by atoms with E-state index in [1.807, 2.05) is 29.2 Å². The molecule has 0 radical (unpaired) electrons. The Labute approximate surface area is 113 Å². The second-order valence-electron chi connectivity index (χ2n) is 4.75. The highest BCUT2D eigenvalue weighted by Gasteiger charge is 2.21. The first-order valence-electron chi connectivity index (χ1n) is 6.42. The van der Waals surface area contributed by atoms with Crippen molar-refractivity contribution in [2.75, 3.05) is 33.4 Å². The topological polar surface area (TPSA) is 64.8 Å². The van der Waals surface area contributed by atoms with Crippen molar-refractivity contribution in [3.8, 4) is 5.75 Å². The number of benzene rings is 1. The van der Waals surface area contributed by atoms with Gasteiger partial charge < -0.3 is 15.2 Å². The molecule has 1 aliphatic rings. The Morgan fingerprint density at radius 2 is 2.21 bits per heavy atom. The van der Waals surface area contributed by atoms with Crippen LogP contribution in [-0.4, -0.2) is 50.3 Å². The predicted molar refractivity (Wildman–Crippen MR) is 72.1 cm³/mol. The SMILES string of the molecule is COc1ccc(C[C@@H]2CN(CC(N)=O)CCO2)cc1. The number of nitrogens with two attached hydrogens (primary N) is 1. The van der Waals surface area contributed by atoms with E-state index in [0.29, 0.717) is 13.2 Å². The molecule has 5 heteroatoms. The number of methoxy groups -OCH3 is 1. The summed E-state index contributed by atoms with van der Waals surface area (Å²) in [6, 6.07) is 7.96. The van der Waals surface area contributed by atoms with Crippen LogP contribution in [0.2, 0.25) is 0 Å². The molecule has 2 N–H and O–H groups in total. The average Bonchev–Trinajstić information content (AvgIpc) is 2.39. The zero-order chi connectivity index (χ0) is 13.7. The molecule has 0 saturated carbocycles. The maximum atomic E-state index is 10.9. The Kier molecular flexibility index (Phi) is 4.76. The van der Waals surface area contributed by atoms with Gasteiger partial charge in [0.15, 0.2) is 0 Å². The van der Waals surface area contributed by atoms with E-state index in [0.717, 1.165) is 25.3 Å². The quantitative estimate of drug-likeness (QED) is 0.837. The van der Waals surface area contributed by atoms with E-state index < -0.39 is 0 Å². The van der Waals surface area contributed by atoms with Gasteiger partial charge in [-0.3, -0.25) is 9.69 Å². The third-order valence-corrected chi connectivity index (χ3v) is 3.22. The van der Waals surface area contributed by atoms with Crippen LogP contribution in [0, 0.1) is 0 Å². The summed E-state index contributed by atoms with van der Waals surface area (Å²) in [7, 11) is 1.65. The molecule has 104 valence electrons. The summed E-state index contributed by atoms with van der Waals surface area (Å²) in [6.45, 7) is 2.47. The van der Waals surface area contributed by atoms with Crippen LogP contribution in [-0.2, 0) is 16.0 Å². The lowest BCUT2D eigenvalue weighted by molar-refractivity contribution is -0.121. The normalized spacial score (nSPS) is 20.2. The van der Waals surface area contributed by atoms with Crippen molar-refractivity contribution in [3.63, 3.8) is 0 Å². The number of morpholine rings is 1. The molecule has 0 bridgehead atoms. The second kappa shape index (κ2) is 6.54. The van der Waals surface area contributed by atoms with Crippen molar-refractivity contribution in [1.29, 1.82) is 0 Å². The molecular formula is C14H20N2O3. The molecule has 1 amide bonds. The van der Waals surface area contributed by atoms with Gasteiger partial charge in [-0.25, -0.2) is 0 Å². The van der Waals surface area contributed by atoms with Gasteiger partial charge in [-0.15, -0.1) is 0 Å². The highest BCUT2D eigenvalue weighted by molar-refractivity contribution is 5.75. The lowest BCUT2D eigenvalue weighted by atomic mass is 10.1. The molecule has 1 aromatic rings. The number of nitrogens with zero attached hydrogens (tertiary/aromatic N) is 1. The van der Waals surface area contributed by atoms with Gasteiger partial charge in [-0.1, -0.05) is 12.1 Å². The van der Waals surface area contributed by atoms with Crippen LogP contribution in [0.3, 0.4) is 0 Å². The van der Waals surface area contributed by atoms with Crippen LogP contribution in [0.4, 0.5) is 0 Å². The van der Waals surface area contributed by atoms with Crippen LogP contribution in [0.5, 0.6) is 5.75 Å². The molecule has 1 heterocycles. The minimum absolute atomic E-state index is 0.112. The van der Waals surface area contributed by atoms with Gasteiger partial charge >= 0.3 is 0 Å². The number of carbonyl (C=O) groups is 1. The fraction of sp³-hybridized carbons (Fsp3) is 0.500. The van der Waals surface area contributed by atoms with Gasteiger partial charge in [0.25, 0.3) is 0 Å². The van der Waals surface area contributed by atoms with Crippen molar-refractivity contribution >= 4 is 5.91 Å². The predicted octanol–water partition coefficient (Wildman–Crippen LogP) is 0.424. The Bertz CT molecular complexity index is 419. The number of amides is 1. The molecule has 1 atom stereocenters. The van der Waals surface area contributed by atoms with Crippen molar-refractivity contribution in [2.45, 2.75) is 12.5 Å². The molecular weight excluding hydrogens is 244 g/mol. The molecule has 0 spiro atoms. The van der Waals surface area contributed by atoms with E-state index in [9.17, 15) is 4.79 Å². The summed E-state index contributed by atoms with van der Waals surface area (Å²) < 4.78 is 10.9. The van der Waals surface area contributed by atoms with E-state index in [2.05, 4.69) is 0 Å². The maximum Gasteiger partial charge on any atom is 0.231 e. The lowest BCUT2D eigenvalue weighted by Gasteiger charge is -2.32. The average molecular weight is 264 g/mol. The molecule has 1 saturated heterocycles. The second-order valence-corrected chi connectivity index (χ2v) is 4.75. The molecule has 1 aliphatic heterocycles. The number of primary amides is 1. The first-order valence-corrected chi connectivity index (χ1v) is 6.42. The third-order valence-electron chi connectivity index (χ3n) is 3.22. The molecule has 1 aromatic carbocycles. The minimum atomic E-state index is -0.287. The van der Waals surface area contributed by atoms with Crippen molar-refractivity contribution in [1.82, 2.24) is 4.90 Å². The number of hydrogen-bond acceptors (Lipinski definition) is 4. The monoisotopic (exact) mass is 264 g/mol. The molecule has 2 rings (SSSR count). The molecule has 0 unspecified atom stereocenters. The number of rotatable bonds is 5. The maximum absolute atomic E-state index is 10.9. The Hall–Kier alpha value is -1.59. The smallest absolute Gasteiger partial charge is 0.231 e. The fourth-order valence-electron chi connectivity index (χ4n) is 2.29. The van der Waals surface area contributed by atoms with Crippen LogP contribution in [0.25, 0.3) is 0 Å². The molecule has 5 nitrogen and oxygen atoms in total. The summed E-state index contributed by atoms with van der Waals surface area (Å²) in [4.78, 5) is 13.0. The Balaban J connectivity index is 1.88. The van der Waals surface area contributed by atoms with Gasteiger partial charge in [0.1, 0.15) is 5.75 Å². The van der Waals surface area contributed by atoms with Gasteiger partial charge in [-0.05, 0) is 24.1 Å². The molecule has 0 aliphatic carbocycles. The van der Waals surface area contributed by atoms with E-state index >= 15 is 0 Å². The number of hydrogen-bond donors (Lipinski definition) is 1. The van der Waals surface area contributed by atoms with Gasteiger partial charge in [0, 0.05) is 13.1 Å². The number of ether oxygens (including phenoxy) is 2. The summed E-state index contributed by atoms with van der Waals surface area (Å²) in [6.07, 6.45) is 0.945. The Morgan fingerprint density at radius 1 is 1.47 bits per heavy atom. The third kappa shape index (κ3) is 4.22. The fourth-order valence-corrected chi connectivity index (χ4v) is 2.29. The molecule has 19 heavy (non-hydrogen) atoms. The first-order chi connectivity index (χ1) is 9.17. The van der Waals surface area contributed by atoms with Crippen LogP contribution >= 0.6 is 0 Å². The zero-order valence-corrected chi connectivity index (χ0v) is 11.2. The highest BCUT2D eigenvalue weighted by Crippen LogP contribution is 2.15. The van der Waals surface area contributed by atoms with Crippen LogP contribution < -0.4 is 10.5 Å². The van der Waals surface area contributed by atoms with E-state index in [4.69, 9.17) is 15.2 Å². The Morgan fingerprint density at radius 3 is 2.84 bits per heavy atom. The zero-order valence-electron chi connectivity index (χ0n) is 11.2. The van der Waals surface area contributed by atoms with E-state index in [1.165, 1.54) is 5.56 Å². The van der Waals surface area contributed by atoms with Crippen molar-refractivity contribution in [2.24, 2.45) is 5.73 Å². The first kappa shape index (κ1) is 13.8. The summed E-state index contributed by atoms with van der Waals surface area (Å²) in [5, 5.41) is 0.